The molecule has 0 fully saturated rings. The van der Waals surface area contributed by atoms with Crippen LogP contribution < -0.4 is 9.47 Å². The predicted molar refractivity (Wildman–Crippen MR) is 75.2 cm³/mol. The van der Waals surface area contributed by atoms with Gasteiger partial charge in [0.2, 0.25) is 0 Å². The van der Waals surface area contributed by atoms with E-state index in [4.69, 9.17) is 4.74 Å². The molecule has 4 nitrogen and oxygen atoms in total. The molecular weight excluding hydrogens is 313 g/mol. The molecule has 0 atom stereocenters. The van der Waals surface area contributed by atoms with Crippen LogP contribution in [0.25, 0.3) is 0 Å². The normalized spacial score (nSPS) is 11.0. The molecule has 0 spiro atoms. The summed E-state index contributed by atoms with van der Waals surface area (Å²) in [5.74, 6) is -0.346. The summed E-state index contributed by atoms with van der Waals surface area (Å²) in [5.41, 5.74) is 1.22. The SMILES string of the molecule is COC(=O)c1ccc(COc2ccc(OC(F)(F)F)cc2)cc1. The number of hydrogen-bond acceptors (Lipinski definition) is 4. The van der Waals surface area contributed by atoms with E-state index in [1.807, 2.05) is 0 Å². The van der Waals surface area contributed by atoms with Crippen LogP contribution in [0.1, 0.15) is 15.9 Å². The molecule has 122 valence electrons. The highest BCUT2D eigenvalue weighted by atomic mass is 19.4. The number of rotatable bonds is 5. The Morgan fingerprint density at radius 1 is 0.957 bits per heavy atom. The Bertz CT molecular complexity index is 649. The van der Waals surface area contributed by atoms with Crippen LogP contribution in [-0.2, 0) is 11.3 Å². The van der Waals surface area contributed by atoms with Crippen molar-refractivity contribution in [1.82, 2.24) is 0 Å². The third kappa shape index (κ3) is 5.21. The first-order chi connectivity index (χ1) is 10.9. The molecule has 0 amide bonds. The van der Waals surface area contributed by atoms with Crippen molar-refractivity contribution in [1.29, 1.82) is 0 Å². The number of carbonyl (C=O) groups excluding carboxylic acids is 1. The van der Waals surface area contributed by atoms with E-state index < -0.39 is 12.3 Å². The van der Waals surface area contributed by atoms with E-state index >= 15 is 0 Å². The maximum Gasteiger partial charge on any atom is 0.573 e. The summed E-state index contributed by atoms with van der Waals surface area (Å²) < 4.78 is 49.9. The highest BCUT2D eigenvalue weighted by Gasteiger charge is 2.30. The Morgan fingerprint density at radius 3 is 2.04 bits per heavy atom. The first-order valence-corrected chi connectivity index (χ1v) is 6.53. The predicted octanol–water partition coefficient (Wildman–Crippen LogP) is 3.95. The van der Waals surface area contributed by atoms with Crippen LogP contribution in [-0.4, -0.2) is 19.4 Å². The Hall–Kier alpha value is -2.70. The molecule has 0 saturated heterocycles. The van der Waals surface area contributed by atoms with Crippen LogP contribution in [0.3, 0.4) is 0 Å². The Morgan fingerprint density at radius 2 is 1.52 bits per heavy atom. The second-order valence-electron chi connectivity index (χ2n) is 4.50. The molecular formula is C16H13F3O4. The molecule has 0 unspecified atom stereocenters. The zero-order chi connectivity index (χ0) is 16.9. The van der Waals surface area contributed by atoms with Gasteiger partial charge in [-0.2, -0.15) is 0 Å². The van der Waals surface area contributed by atoms with Crippen molar-refractivity contribution >= 4 is 5.97 Å². The smallest absolute Gasteiger partial charge is 0.489 e. The highest BCUT2D eigenvalue weighted by molar-refractivity contribution is 5.89. The van der Waals surface area contributed by atoms with Crippen LogP contribution in [0, 0.1) is 0 Å². The van der Waals surface area contributed by atoms with Crippen LogP contribution in [0.2, 0.25) is 0 Å². The second-order valence-corrected chi connectivity index (χ2v) is 4.50. The number of halogens is 3. The fraction of sp³-hybridized carbons (Fsp3) is 0.188. The third-order valence-corrected chi connectivity index (χ3v) is 2.84. The maximum atomic E-state index is 12.0. The van der Waals surface area contributed by atoms with Gasteiger partial charge in [0.1, 0.15) is 18.1 Å². The van der Waals surface area contributed by atoms with E-state index in [0.29, 0.717) is 11.3 Å². The lowest BCUT2D eigenvalue weighted by molar-refractivity contribution is -0.274. The van der Waals surface area contributed by atoms with E-state index in [0.717, 1.165) is 5.56 Å². The Labute approximate surface area is 130 Å². The molecule has 0 radical (unpaired) electrons. The number of benzene rings is 2. The summed E-state index contributed by atoms with van der Waals surface area (Å²) in [6.07, 6.45) is -4.72. The van der Waals surface area contributed by atoms with Gasteiger partial charge in [0.05, 0.1) is 12.7 Å². The minimum atomic E-state index is -4.72. The first-order valence-electron chi connectivity index (χ1n) is 6.53. The van der Waals surface area contributed by atoms with Gasteiger partial charge in [-0.15, -0.1) is 13.2 Å². The summed E-state index contributed by atoms with van der Waals surface area (Å²) in [7, 11) is 1.30. The van der Waals surface area contributed by atoms with Crippen molar-refractivity contribution in [2.75, 3.05) is 7.11 Å². The standard InChI is InChI=1S/C16H13F3O4/c1-21-15(20)12-4-2-11(3-5-12)10-22-13-6-8-14(9-7-13)23-16(17,18)19/h2-9H,10H2,1H3. The van der Waals surface area contributed by atoms with E-state index in [2.05, 4.69) is 9.47 Å². The third-order valence-electron chi connectivity index (χ3n) is 2.84. The lowest BCUT2D eigenvalue weighted by atomic mass is 10.1. The quantitative estimate of drug-likeness (QED) is 0.781. The van der Waals surface area contributed by atoms with Gasteiger partial charge in [0.25, 0.3) is 0 Å². The van der Waals surface area contributed by atoms with Gasteiger partial charge >= 0.3 is 12.3 Å². The van der Waals surface area contributed by atoms with Crippen LogP contribution in [0.15, 0.2) is 48.5 Å². The molecule has 7 heteroatoms. The molecule has 0 saturated carbocycles. The number of methoxy groups -OCH3 is 1. The molecule has 0 bridgehead atoms. The van der Waals surface area contributed by atoms with Gasteiger partial charge in [-0.1, -0.05) is 12.1 Å². The molecule has 0 aliphatic carbocycles. The van der Waals surface area contributed by atoms with Crippen molar-refractivity contribution < 1.29 is 32.2 Å². The molecule has 2 aromatic carbocycles. The highest BCUT2D eigenvalue weighted by Crippen LogP contribution is 2.25. The summed E-state index contributed by atoms with van der Waals surface area (Å²) >= 11 is 0. The Balaban J connectivity index is 1.92. The van der Waals surface area contributed by atoms with E-state index in [9.17, 15) is 18.0 Å². The van der Waals surface area contributed by atoms with Gasteiger partial charge < -0.3 is 14.2 Å². The minimum absolute atomic E-state index is 0.209. The monoisotopic (exact) mass is 326 g/mol. The van der Waals surface area contributed by atoms with Gasteiger partial charge in [-0.25, -0.2) is 4.79 Å². The molecule has 23 heavy (non-hydrogen) atoms. The summed E-state index contributed by atoms with van der Waals surface area (Å²) in [6, 6.07) is 11.7. The van der Waals surface area contributed by atoms with Gasteiger partial charge in [-0.05, 0) is 42.0 Å². The number of hydrogen-bond donors (Lipinski definition) is 0. The fourth-order valence-electron chi connectivity index (χ4n) is 1.76. The van der Waals surface area contributed by atoms with E-state index in [-0.39, 0.29) is 12.4 Å². The topological polar surface area (TPSA) is 44.8 Å². The largest absolute Gasteiger partial charge is 0.573 e. The first kappa shape index (κ1) is 16.7. The molecule has 0 aromatic heterocycles. The second kappa shape index (κ2) is 7.04. The minimum Gasteiger partial charge on any atom is -0.489 e. The van der Waals surface area contributed by atoms with Crippen molar-refractivity contribution in [3.05, 3.63) is 59.7 Å². The fourth-order valence-corrected chi connectivity index (χ4v) is 1.76. The molecule has 2 rings (SSSR count). The molecule has 0 heterocycles. The average molecular weight is 326 g/mol. The lowest BCUT2D eigenvalue weighted by Gasteiger charge is -2.10. The van der Waals surface area contributed by atoms with Crippen LogP contribution >= 0.6 is 0 Å². The lowest BCUT2D eigenvalue weighted by Crippen LogP contribution is -2.16. The molecule has 0 aliphatic rings. The van der Waals surface area contributed by atoms with E-state index in [1.54, 1.807) is 24.3 Å². The summed E-state index contributed by atoms with van der Waals surface area (Å²) in [5, 5.41) is 0. The Kier molecular flexibility index (Phi) is 5.10. The number of carbonyl (C=O) groups is 1. The average Bonchev–Trinajstić information content (AvgIpc) is 2.52. The molecule has 2 aromatic rings. The van der Waals surface area contributed by atoms with Gasteiger partial charge in [0.15, 0.2) is 0 Å². The van der Waals surface area contributed by atoms with Crippen molar-refractivity contribution in [3.63, 3.8) is 0 Å². The molecule has 0 aliphatic heterocycles. The number of ether oxygens (including phenoxy) is 3. The zero-order valence-corrected chi connectivity index (χ0v) is 12.1. The zero-order valence-electron chi connectivity index (χ0n) is 12.1. The van der Waals surface area contributed by atoms with Crippen molar-refractivity contribution in [2.45, 2.75) is 13.0 Å². The van der Waals surface area contributed by atoms with Crippen molar-refractivity contribution in [2.24, 2.45) is 0 Å². The summed E-state index contributed by atoms with van der Waals surface area (Å²) in [6.45, 7) is 0.209. The van der Waals surface area contributed by atoms with Crippen LogP contribution in [0.5, 0.6) is 11.5 Å². The number of esters is 1. The van der Waals surface area contributed by atoms with Gasteiger partial charge in [0, 0.05) is 0 Å². The van der Waals surface area contributed by atoms with Gasteiger partial charge in [-0.3, -0.25) is 0 Å². The number of alkyl halides is 3. The van der Waals surface area contributed by atoms with Crippen LogP contribution in [0.4, 0.5) is 13.2 Å². The van der Waals surface area contributed by atoms with E-state index in [1.165, 1.54) is 31.4 Å². The molecule has 0 N–H and O–H groups in total. The summed E-state index contributed by atoms with van der Waals surface area (Å²) in [4.78, 5) is 11.3. The van der Waals surface area contributed by atoms with Crippen molar-refractivity contribution in [3.8, 4) is 11.5 Å². The maximum absolute atomic E-state index is 12.0.